The fraction of sp³-hybridized carbons (Fsp3) is 0.423. The lowest BCUT2D eigenvalue weighted by Crippen LogP contribution is -2.38. The highest BCUT2D eigenvalue weighted by molar-refractivity contribution is 5.96. The number of carbonyl (C=O) groups is 3. The summed E-state index contributed by atoms with van der Waals surface area (Å²) in [5.74, 6) is 0.566. The minimum atomic E-state index is -0.109. The maximum atomic E-state index is 12.3. The monoisotopic (exact) mass is 467 g/mol. The number of rotatable bonds is 12. The number of ether oxygens (including phenoxy) is 2. The number of anilines is 1. The van der Waals surface area contributed by atoms with Crippen molar-refractivity contribution in [2.24, 2.45) is 0 Å². The number of hydrogen-bond acceptors (Lipinski definition) is 6. The van der Waals surface area contributed by atoms with Crippen LogP contribution in [0.5, 0.6) is 5.75 Å². The van der Waals surface area contributed by atoms with Crippen LogP contribution in [0, 0.1) is 0 Å². The van der Waals surface area contributed by atoms with E-state index in [-0.39, 0.29) is 24.0 Å². The van der Waals surface area contributed by atoms with Gasteiger partial charge in [0.15, 0.2) is 5.78 Å². The Morgan fingerprint density at radius 1 is 0.971 bits per heavy atom. The standard InChI is InChI=1S/C26H33N3O5/c1-33-23-10-8-21(9-11-23)24(30)6-3-7-25(31)27-19-20-4-2-5-22(18-20)28-26(32)12-13-29-14-16-34-17-15-29/h2,4-5,8-11,18H,3,6-7,12-17,19H2,1H3,(H,27,31)(H,28,32). The van der Waals surface area contributed by atoms with E-state index < -0.39 is 0 Å². The lowest BCUT2D eigenvalue weighted by Gasteiger charge is -2.26. The number of hydrogen-bond donors (Lipinski definition) is 2. The van der Waals surface area contributed by atoms with Crippen LogP contribution in [0.15, 0.2) is 48.5 Å². The first-order valence-electron chi connectivity index (χ1n) is 11.7. The number of amides is 2. The SMILES string of the molecule is COc1ccc(C(=O)CCCC(=O)NCc2cccc(NC(=O)CCN3CCOCC3)c2)cc1. The van der Waals surface area contributed by atoms with E-state index in [1.165, 1.54) is 0 Å². The van der Waals surface area contributed by atoms with Crippen LogP contribution in [0.2, 0.25) is 0 Å². The summed E-state index contributed by atoms with van der Waals surface area (Å²) < 4.78 is 10.4. The van der Waals surface area contributed by atoms with E-state index in [9.17, 15) is 14.4 Å². The summed E-state index contributed by atoms with van der Waals surface area (Å²) in [7, 11) is 1.58. The molecule has 0 aliphatic carbocycles. The van der Waals surface area contributed by atoms with Gasteiger partial charge in [-0.3, -0.25) is 19.3 Å². The van der Waals surface area contributed by atoms with E-state index in [0.717, 1.165) is 18.7 Å². The molecule has 0 radical (unpaired) electrons. The number of benzene rings is 2. The lowest BCUT2D eigenvalue weighted by atomic mass is 10.1. The summed E-state index contributed by atoms with van der Waals surface area (Å²) in [6.45, 7) is 4.23. The molecule has 0 aromatic heterocycles. The maximum Gasteiger partial charge on any atom is 0.225 e. The molecule has 0 atom stereocenters. The van der Waals surface area contributed by atoms with Crippen molar-refractivity contribution in [1.82, 2.24) is 10.2 Å². The van der Waals surface area contributed by atoms with E-state index in [4.69, 9.17) is 9.47 Å². The van der Waals surface area contributed by atoms with Crippen molar-refractivity contribution < 1.29 is 23.9 Å². The number of Topliss-reactive ketones (excluding diaryl/α,β-unsaturated/α-hetero) is 1. The van der Waals surface area contributed by atoms with Crippen LogP contribution in [-0.4, -0.2) is 62.5 Å². The van der Waals surface area contributed by atoms with E-state index in [2.05, 4.69) is 15.5 Å². The van der Waals surface area contributed by atoms with Crippen molar-refractivity contribution in [1.29, 1.82) is 0 Å². The Hall–Kier alpha value is -3.23. The lowest BCUT2D eigenvalue weighted by molar-refractivity contribution is -0.121. The second-order valence-corrected chi connectivity index (χ2v) is 8.23. The largest absolute Gasteiger partial charge is 0.497 e. The molecule has 1 heterocycles. The van der Waals surface area contributed by atoms with E-state index in [0.29, 0.717) is 62.6 Å². The number of ketones is 1. The van der Waals surface area contributed by atoms with Gasteiger partial charge in [0, 0.05) is 56.7 Å². The van der Waals surface area contributed by atoms with Crippen molar-refractivity contribution >= 4 is 23.3 Å². The zero-order valence-corrected chi connectivity index (χ0v) is 19.7. The second-order valence-electron chi connectivity index (χ2n) is 8.23. The Balaban J connectivity index is 1.35. The highest BCUT2D eigenvalue weighted by Crippen LogP contribution is 2.14. The predicted octanol–water partition coefficient (Wildman–Crippen LogP) is 3.03. The van der Waals surface area contributed by atoms with Crippen molar-refractivity contribution in [3.05, 3.63) is 59.7 Å². The summed E-state index contributed by atoms with van der Waals surface area (Å²) in [6, 6.07) is 14.4. The van der Waals surface area contributed by atoms with Crippen LogP contribution in [0.25, 0.3) is 0 Å². The van der Waals surface area contributed by atoms with Gasteiger partial charge in [-0.25, -0.2) is 0 Å². The molecule has 3 rings (SSSR count). The molecule has 0 spiro atoms. The Bertz CT molecular complexity index is 955. The Kier molecular flexibility index (Phi) is 10.1. The third-order valence-corrected chi connectivity index (χ3v) is 5.68. The average molecular weight is 468 g/mol. The summed E-state index contributed by atoms with van der Waals surface area (Å²) in [5, 5.41) is 5.80. The van der Waals surface area contributed by atoms with Crippen LogP contribution < -0.4 is 15.4 Å². The molecular weight excluding hydrogens is 434 g/mol. The fourth-order valence-corrected chi connectivity index (χ4v) is 3.69. The van der Waals surface area contributed by atoms with E-state index in [1.54, 1.807) is 31.4 Å². The molecule has 0 saturated carbocycles. The molecule has 2 amide bonds. The smallest absolute Gasteiger partial charge is 0.225 e. The molecule has 1 aliphatic rings. The number of nitrogens with zero attached hydrogens (tertiary/aromatic N) is 1. The van der Waals surface area contributed by atoms with Gasteiger partial charge in [-0.15, -0.1) is 0 Å². The van der Waals surface area contributed by atoms with Gasteiger partial charge in [0.2, 0.25) is 11.8 Å². The molecule has 0 bridgehead atoms. The Morgan fingerprint density at radius 2 is 1.74 bits per heavy atom. The van der Waals surface area contributed by atoms with Crippen LogP contribution in [-0.2, 0) is 20.9 Å². The van der Waals surface area contributed by atoms with Crippen LogP contribution in [0.3, 0.4) is 0 Å². The van der Waals surface area contributed by atoms with Gasteiger partial charge in [-0.2, -0.15) is 0 Å². The van der Waals surface area contributed by atoms with Crippen molar-refractivity contribution in [2.45, 2.75) is 32.2 Å². The zero-order chi connectivity index (χ0) is 24.2. The van der Waals surface area contributed by atoms with Crippen LogP contribution in [0.1, 0.15) is 41.6 Å². The van der Waals surface area contributed by atoms with Crippen molar-refractivity contribution in [3.8, 4) is 5.75 Å². The number of methoxy groups -OCH3 is 1. The molecule has 1 fully saturated rings. The highest BCUT2D eigenvalue weighted by Gasteiger charge is 2.12. The molecular formula is C26H33N3O5. The van der Waals surface area contributed by atoms with Crippen LogP contribution in [0.4, 0.5) is 5.69 Å². The van der Waals surface area contributed by atoms with Crippen molar-refractivity contribution in [3.63, 3.8) is 0 Å². The van der Waals surface area contributed by atoms with E-state index in [1.807, 2.05) is 24.3 Å². The van der Waals surface area contributed by atoms with Gasteiger partial charge in [0.05, 0.1) is 20.3 Å². The first kappa shape index (κ1) is 25.4. The maximum absolute atomic E-state index is 12.3. The average Bonchev–Trinajstić information content (AvgIpc) is 2.87. The number of morpholine rings is 1. The molecule has 0 unspecified atom stereocenters. The molecule has 2 N–H and O–H groups in total. The molecule has 1 saturated heterocycles. The molecule has 34 heavy (non-hydrogen) atoms. The highest BCUT2D eigenvalue weighted by atomic mass is 16.5. The summed E-state index contributed by atoms with van der Waals surface area (Å²) >= 11 is 0. The second kappa shape index (κ2) is 13.5. The predicted molar refractivity (Wildman–Crippen MR) is 130 cm³/mol. The third-order valence-electron chi connectivity index (χ3n) is 5.68. The molecule has 2 aromatic rings. The minimum Gasteiger partial charge on any atom is -0.497 e. The fourth-order valence-electron chi connectivity index (χ4n) is 3.69. The Morgan fingerprint density at radius 3 is 2.47 bits per heavy atom. The number of carbonyl (C=O) groups excluding carboxylic acids is 3. The summed E-state index contributed by atoms with van der Waals surface area (Å²) in [6.07, 6.45) is 1.50. The van der Waals surface area contributed by atoms with Gasteiger partial charge in [0.25, 0.3) is 0 Å². The third kappa shape index (κ3) is 8.61. The number of nitrogens with one attached hydrogen (secondary N) is 2. The normalized spacial score (nSPS) is 13.8. The van der Waals surface area contributed by atoms with Gasteiger partial charge in [-0.05, 0) is 48.4 Å². The van der Waals surface area contributed by atoms with Gasteiger partial charge in [-0.1, -0.05) is 12.1 Å². The molecule has 8 nitrogen and oxygen atoms in total. The van der Waals surface area contributed by atoms with E-state index >= 15 is 0 Å². The zero-order valence-electron chi connectivity index (χ0n) is 19.7. The van der Waals surface area contributed by atoms with Crippen molar-refractivity contribution in [2.75, 3.05) is 45.3 Å². The molecule has 182 valence electrons. The van der Waals surface area contributed by atoms with Gasteiger partial charge < -0.3 is 20.1 Å². The molecule has 2 aromatic carbocycles. The van der Waals surface area contributed by atoms with Gasteiger partial charge >= 0.3 is 0 Å². The quantitative estimate of drug-likeness (QED) is 0.466. The topological polar surface area (TPSA) is 97.0 Å². The van der Waals surface area contributed by atoms with Gasteiger partial charge in [0.1, 0.15) is 5.75 Å². The summed E-state index contributed by atoms with van der Waals surface area (Å²) in [5.41, 5.74) is 2.22. The molecule has 1 aliphatic heterocycles. The molecule has 8 heteroatoms. The summed E-state index contributed by atoms with van der Waals surface area (Å²) in [4.78, 5) is 38.9. The van der Waals surface area contributed by atoms with Crippen LogP contribution >= 0.6 is 0 Å². The minimum absolute atomic E-state index is 0.00696. The first-order chi connectivity index (χ1) is 16.5. The Labute approximate surface area is 200 Å². The first-order valence-corrected chi connectivity index (χ1v) is 11.7.